The molecule has 0 aliphatic heterocycles. The van der Waals surface area contributed by atoms with Gasteiger partial charge in [0.2, 0.25) is 5.91 Å². The van der Waals surface area contributed by atoms with E-state index < -0.39 is 0 Å². The van der Waals surface area contributed by atoms with Crippen LogP contribution in [0.25, 0.3) is 0 Å². The summed E-state index contributed by atoms with van der Waals surface area (Å²) in [5.41, 5.74) is 7.06. The van der Waals surface area contributed by atoms with Crippen LogP contribution in [0.2, 0.25) is 0 Å². The van der Waals surface area contributed by atoms with Crippen LogP contribution in [0.4, 0.5) is 5.69 Å². The predicted octanol–water partition coefficient (Wildman–Crippen LogP) is 1.45. The minimum atomic E-state index is -0.0878. The van der Waals surface area contributed by atoms with E-state index in [0.717, 1.165) is 5.69 Å². The Balaban J connectivity index is 1.70. The average Bonchev–Trinajstić information content (AvgIpc) is 2.45. The van der Waals surface area contributed by atoms with Crippen molar-refractivity contribution in [1.82, 2.24) is 15.3 Å². The third-order valence-corrected chi connectivity index (χ3v) is 2.76. The van der Waals surface area contributed by atoms with Gasteiger partial charge in [-0.3, -0.25) is 4.79 Å². The Hall–Kier alpha value is -2.63. The second-order valence-corrected chi connectivity index (χ2v) is 4.54. The van der Waals surface area contributed by atoms with Gasteiger partial charge in [0.05, 0.1) is 25.3 Å². The van der Waals surface area contributed by atoms with Gasteiger partial charge in [0, 0.05) is 18.0 Å². The molecular formula is C15H18N4O2. The Kier molecular flexibility index (Phi) is 5.09. The summed E-state index contributed by atoms with van der Waals surface area (Å²) in [4.78, 5) is 19.9. The van der Waals surface area contributed by atoms with Crippen molar-refractivity contribution in [3.63, 3.8) is 0 Å². The second kappa shape index (κ2) is 7.23. The van der Waals surface area contributed by atoms with E-state index in [0.29, 0.717) is 30.4 Å². The van der Waals surface area contributed by atoms with Gasteiger partial charge in [0.15, 0.2) is 0 Å². The van der Waals surface area contributed by atoms with Crippen LogP contribution in [-0.4, -0.2) is 22.5 Å². The topological polar surface area (TPSA) is 90.1 Å². The number of nitrogens with one attached hydrogen (secondary N) is 1. The van der Waals surface area contributed by atoms with Crippen LogP contribution < -0.4 is 15.8 Å². The highest BCUT2D eigenvalue weighted by atomic mass is 16.5. The number of carbonyl (C=O) groups is 1. The number of carbonyl (C=O) groups excluding carboxylic acids is 1. The molecule has 6 heteroatoms. The van der Waals surface area contributed by atoms with E-state index in [2.05, 4.69) is 15.3 Å². The number of hydrogen-bond acceptors (Lipinski definition) is 5. The highest BCUT2D eigenvalue weighted by molar-refractivity contribution is 5.75. The Labute approximate surface area is 123 Å². The first-order valence-electron chi connectivity index (χ1n) is 6.67. The predicted molar refractivity (Wildman–Crippen MR) is 79.6 cm³/mol. The molecule has 0 aliphatic carbocycles. The van der Waals surface area contributed by atoms with Gasteiger partial charge in [-0.25, -0.2) is 9.97 Å². The molecular weight excluding hydrogens is 268 g/mol. The van der Waals surface area contributed by atoms with Crippen molar-refractivity contribution in [3.05, 3.63) is 48.0 Å². The molecule has 0 spiro atoms. The number of benzene rings is 1. The zero-order valence-electron chi connectivity index (χ0n) is 11.9. The molecule has 0 radical (unpaired) electrons. The monoisotopic (exact) mass is 286 g/mol. The minimum Gasteiger partial charge on any atom is -0.493 e. The average molecular weight is 286 g/mol. The van der Waals surface area contributed by atoms with Crippen LogP contribution in [-0.2, 0) is 11.3 Å². The largest absolute Gasteiger partial charge is 0.493 e. The number of nitrogens with two attached hydrogens (primary N) is 1. The van der Waals surface area contributed by atoms with Crippen molar-refractivity contribution in [2.75, 3.05) is 12.3 Å². The van der Waals surface area contributed by atoms with E-state index in [4.69, 9.17) is 10.5 Å². The van der Waals surface area contributed by atoms with Crippen LogP contribution in [0.5, 0.6) is 5.75 Å². The summed E-state index contributed by atoms with van der Waals surface area (Å²) in [6, 6.07) is 8.89. The fraction of sp³-hybridized carbons (Fsp3) is 0.267. The first kappa shape index (κ1) is 14.8. The summed E-state index contributed by atoms with van der Waals surface area (Å²) >= 11 is 0. The van der Waals surface area contributed by atoms with Crippen LogP contribution in [0.1, 0.15) is 17.9 Å². The van der Waals surface area contributed by atoms with Gasteiger partial charge in [-0.15, -0.1) is 0 Å². The zero-order chi connectivity index (χ0) is 15.1. The molecule has 0 aliphatic rings. The molecule has 6 nitrogen and oxygen atoms in total. The lowest BCUT2D eigenvalue weighted by molar-refractivity contribution is -0.121. The number of hydrogen-bond donors (Lipinski definition) is 2. The number of aromatic nitrogens is 2. The van der Waals surface area contributed by atoms with Crippen LogP contribution in [0.3, 0.4) is 0 Å². The molecule has 0 saturated carbocycles. The SMILES string of the molecule is Cc1nccc(CNC(=O)CCOc2cccc(N)c2)n1. The summed E-state index contributed by atoms with van der Waals surface area (Å²) in [6.45, 7) is 2.50. The molecule has 2 aromatic rings. The van der Waals surface area contributed by atoms with Gasteiger partial charge in [0.1, 0.15) is 11.6 Å². The van der Waals surface area contributed by atoms with Crippen LogP contribution in [0, 0.1) is 6.92 Å². The van der Waals surface area contributed by atoms with Crippen molar-refractivity contribution < 1.29 is 9.53 Å². The number of aryl methyl sites for hydroxylation is 1. The lowest BCUT2D eigenvalue weighted by Gasteiger charge is -2.07. The minimum absolute atomic E-state index is 0.0878. The Morgan fingerprint density at radius 2 is 2.24 bits per heavy atom. The van der Waals surface area contributed by atoms with Gasteiger partial charge in [-0.05, 0) is 25.1 Å². The van der Waals surface area contributed by atoms with Crippen molar-refractivity contribution in [2.45, 2.75) is 19.9 Å². The summed E-state index contributed by atoms with van der Waals surface area (Å²) in [5, 5.41) is 2.79. The summed E-state index contributed by atoms with van der Waals surface area (Å²) in [6.07, 6.45) is 1.95. The number of nitrogens with zero attached hydrogens (tertiary/aromatic N) is 2. The molecule has 0 unspecified atom stereocenters. The number of rotatable bonds is 6. The van der Waals surface area contributed by atoms with E-state index in [1.54, 1.807) is 30.5 Å². The van der Waals surface area contributed by atoms with Gasteiger partial charge in [0.25, 0.3) is 0 Å². The normalized spacial score (nSPS) is 10.1. The van der Waals surface area contributed by atoms with Crippen molar-refractivity contribution in [3.8, 4) is 5.75 Å². The van der Waals surface area contributed by atoms with Crippen molar-refractivity contribution in [1.29, 1.82) is 0 Å². The summed E-state index contributed by atoms with van der Waals surface area (Å²) in [7, 11) is 0. The maximum absolute atomic E-state index is 11.7. The van der Waals surface area contributed by atoms with Gasteiger partial charge in [-0.1, -0.05) is 6.07 Å². The summed E-state index contributed by atoms with van der Waals surface area (Å²) < 4.78 is 5.46. The van der Waals surface area contributed by atoms with Gasteiger partial charge < -0.3 is 15.8 Å². The van der Waals surface area contributed by atoms with Crippen LogP contribution in [0.15, 0.2) is 36.5 Å². The molecule has 110 valence electrons. The second-order valence-electron chi connectivity index (χ2n) is 4.54. The zero-order valence-corrected chi connectivity index (χ0v) is 11.9. The fourth-order valence-electron chi connectivity index (χ4n) is 1.75. The van der Waals surface area contributed by atoms with Crippen molar-refractivity contribution >= 4 is 11.6 Å². The third-order valence-electron chi connectivity index (χ3n) is 2.76. The maximum Gasteiger partial charge on any atom is 0.223 e. The molecule has 0 bridgehead atoms. The molecule has 1 amide bonds. The molecule has 0 atom stereocenters. The molecule has 0 fully saturated rings. The highest BCUT2D eigenvalue weighted by Crippen LogP contribution is 2.14. The fourth-order valence-corrected chi connectivity index (χ4v) is 1.75. The molecule has 0 saturated heterocycles. The van der Waals surface area contributed by atoms with E-state index in [1.165, 1.54) is 0 Å². The Bertz CT molecular complexity index is 616. The maximum atomic E-state index is 11.7. The Morgan fingerprint density at radius 1 is 1.38 bits per heavy atom. The number of ether oxygens (including phenoxy) is 1. The van der Waals surface area contributed by atoms with Gasteiger partial charge in [-0.2, -0.15) is 0 Å². The van der Waals surface area contributed by atoms with Gasteiger partial charge >= 0.3 is 0 Å². The number of nitrogen functional groups attached to an aromatic ring is 1. The molecule has 1 heterocycles. The lowest BCUT2D eigenvalue weighted by Crippen LogP contribution is -2.25. The molecule has 2 rings (SSSR count). The third kappa shape index (κ3) is 5.10. The first-order valence-corrected chi connectivity index (χ1v) is 6.67. The molecule has 1 aromatic heterocycles. The van der Waals surface area contributed by atoms with E-state index >= 15 is 0 Å². The standard InChI is InChI=1S/C15H18N4O2/c1-11-17-7-5-13(19-11)10-18-15(20)6-8-21-14-4-2-3-12(16)9-14/h2-5,7,9H,6,8,10,16H2,1H3,(H,18,20). The van der Waals surface area contributed by atoms with E-state index in [-0.39, 0.29) is 12.3 Å². The number of amides is 1. The Morgan fingerprint density at radius 3 is 3.00 bits per heavy atom. The lowest BCUT2D eigenvalue weighted by atomic mass is 10.3. The molecule has 1 aromatic carbocycles. The summed E-state index contributed by atoms with van der Waals surface area (Å²) in [5.74, 6) is 1.26. The molecule has 3 N–H and O–H groups in total. The van der Waals surface area contributed by atoms with Crippen molar-refractivity contribution in [2.24, 2.45) is 0 Å². The van der Waals surface area contributed by atoms with Crippen LogP contribution >= 0.6 is 0 Å². The van der Waals surface area contributed by atoms with E-state index in [1.807, 2.05) is 13.0 Å². The quantitative estimate of drug-likeness (QED) is 0.784. The van der Waals surface area contributed by atoms with E-state index in [9.17, 15) is 4.79 Å². The highest BCUT2D eigenvalue weighted by Gasteiger charge is 2.03. The smallest absolute Gasteiger partial charge is 0.223 e. The molecule has 21 heavy (non-hydrogen) atoms. The number of anilines is 1. The first-order chi connectivity index (χ1) is 10.1.